The molecule has 1 saturated heterocycles. The zero-order chi connectivity index (χ0) is 24.9. The van der Waals surface area contributed by atoms with Crippen LogP contribution in [0.1, 0.15) is 17.2 Å². The number of aliphatic hydroxyl groups excluding tert-OH is 1. The highest BCUT2D eigenvalue weighted by Gasteiger charge is 2.47. The van der Waals surface area contributed by atoms with Gasteiger partial charge in [0.2, 0.25) is 0 Å². The molecule has 2 heterocycles. The largest absolute Gasteiger partial charge is 0.507 e. The lowest BCUT2D eigenvalue weighted by atomic mass is 9.95. The third-order valence-corrected chi connectivity index (χ3v) is 5.56. The fourth-order valence-electron chi connectivity index (χ4n) is 3.92. The monoisotopic (exact) mass is 472 g/mol. The summed E-state index contributed by atoms with van der Waals surface area (Å²) in [5, 5.41) is 11.2. The van der Waals surface area contributed by atoms with Gasteiger partial charge in [-0.1, -0.05) is 24.8 Å². The normalized spacial score (nSPS) is 16.7. The average Bonchev–Trinajstić information content (AvgIpc) is 3.17. The summed E-state index contributed by atoms with van der Waals surface area (Å²) in [6.07, 6.45) is 3.15. The molecule has 1 fully saturated rings. The first-order chi connectivity index (χ1) is 17.0. The molecule has 1 amide bonds. The number of rotatable bonds is 8. The van der Waals surface area contributed by atoms with E-state index in [9.17, 15) is 14.7 Å². The van der Waals surface area contributed by atoms with E-state index >= 15 is 0 Å². The van der Waals surface area contributed by atoms with Crippen LogP contribution in [0.4, 0.5) is 5.82 Å². The van der Waals surface area contributed by atoms with Gasteiger partial charge in [0.05, 0.1) is 25.8 Å². The van der Waals surface area contributed by atoms with Gasteiger partial charge in [-0.2, -0.15) is 0 Å². The second kappa shape index (κ2) is 10.1. The molecule has 0 spiro atoms. The maximum atomic E-state index is 13.2. The Morgan fingerprint density at radius 3 is 2.43 bits per heavy atom. The van der Waals surface area contributed by atoms with Crippen molar-refractivity contribution < 1.29 is 28.9 Å². The summed E-state index contributed by atoms with van der Waals surface area (Å²) >= 11 is 0. The highest BCUT2D eigenvalue weighted by molar-refractivity contribution is 6.51. The van der Waals surface area contributed by atoms with Gasteiger partial charge in [-0.15, -0.1) is 0 Å². The van der Waals surface area contributed by atoms with Crippen molar-refractivity contribution in [3.05, 3.63) is 96.2 Å². The van der Waals surface area contributed by atoms with Crippen LogP contribution < -0.4 is 19.1 Å². The molecule has 2 aromatic carbocycles. The van der Waals surface area contributed by atoms with Crippen LogP contribution in [-0.4, -0.2) is 42.6 Å². The summed E-state index contributed by atoms with van der Waals surface area (Å²) in [6.45, 7) is 3.95. The van der Waals surface area contributed by atoms with Crippen LogP contribution in [0.5, 0.6) is 17.2 Å². The second-order valence-electron chi connectivity index (χ2n) is 7.60. The Morgan fingerprint density at radius 1 is 1.06 bits per heavy atom. The van der Waals surface area contributed by atoms with Crippen LogP contribution in [-0.2, 0) is 9.59 Å². The molecule has 4 rings (SSSR count). The molecule has 8 heteroatoms. The number of carbonyl (C=O) groups is 2. The molecule has 35 heavy (non-hydrogen) atoms. The van der Waals surface area contributed by atoms with Gasteiger partial charge in [0.15, 0.2) is 11.5 Å². The number of ketones is 1. The van der Waals surface area contributed by atoms with E-state index in [1.165, 1.54) is 25.3 Å². The van der Waals surface area contributed by atoms with Crippen LogP contribution in [0.25, 0.3) is 5.76 Å². The number of aliphatic hydroxyl groups is 1. The summed E-state index contributed by atoms with van der Waals surface area (Å²) in [5.41, 5.74) is 0.841. The van der Waals surface area contributed by atoms with E-state index in [0.29, 0.717) is 35.0 Å². The van der Waals surface area contributed by atoms with Crippen LogP contribution >= 0.6 is 0 Å². The van der Waals surface area contributed by atoms with Crippen molar-refractivity contribution in [1.29, 1.82) is 0 Å². The number of nitrogens with zero attached hydrogens (tertiary/aromatic N) is 2. The molecule has 0 radical (unpaired) electrons. The third kappa shape index (κ3) is 4.46. The Bertz CT molecular complexity index is 1280. The first-order valence-corrected chi connectivity index (χ1v) is 10.8. The Labute approximate surface area is 202 Å². The molecule has 1 atom stereocenters. The maximum absolute atomic E-state index is 13.2. The minimum absolute atomic E-state index is 0.0624. The second-order valence-corrected chi connectivity index (χ2v) is 7.60. The lowest BCUT2D eigenvalue weighted by Crippen LogP contribution is -2.30. The molecule has 8 nitrogen and oxygen atoms in total. The summed E-state index contributed by atoms with van der Waals surface area (Å²) < 4.78 is 16.2. The van der Waals surface area contributed by atoms with Crippen molar-refractivity contribution in [2.45, 2.75) is 6.04 Å². The molecule has 0 saturated carbocycles. The van der Waals surface area contributed by atoms with Crippen molar-refractivity contribution >= 4 is 23.3 Å². The molecule has 1 N–H and O–H groups in total. The number of aromatic nitrogens is 1. The topological polar surface area (TPSA) is 98.2 Å². The van der Waals surface area contributed by atoms with Gasteiger partial charge in [0.1, 0.15) is 23.9 Å². The minimum Gasteiger partial charge on any atom is -0.507 e. The van der Waals surface area contributed by atoms with Crippen molar-refractivity contribution in [1.82, 2.24) is 4.98 Å². The zero-order valence-corrected chi connectivity index (χ0v) is 19.3. The van der Waals surface area contributed by atoms with Gasteiger partial charge in [0, 0.05) is 11.8 Å². The summed E-state index contributed by atoms with van der Waals surface area (Å²) in [4.78, 5) is 32.0. The Morgan fingerprint density at radius 2 is 1.80 bits per heavy atom. The number of Topliss-reactive ketones (excluding diaryl/α,β-unsaturated/α-hetero) is 1. The van der Waals surface area contributed by atoms with Crippen LogP contribution in [0, 0.1) is 0 Å². The predicted molar refractivity (Wildman–Crippen MR) is 131 cm³/mol. The van der Waals surface area contributed by atoms with E-state index in [1.807, 2.05) is 0 Å². The van der Waals surface area contributed by atoms with Gasteiger partial charge < -0.3 is 19.3 Å². The third-order valence-electron chi connectivity index (χ3n) is 5.56. The molecule has 0 bridgehead atoms. The van der Waals surface area contributed by atoms with E-state index in [-0.39, 0.29) is 17.2 Å². The number of benzene rings is 2. The van der Waals surface area contributed by atoms with Gasteiger partial charge in [-0.25, -0.2) is 4.98 Å². The molecule has 1 aliphatic heterocycles. The molecule has 1 aliphatic rings. The quantitative estimate of drug-likeness (QED) is 0.226. The molecule has 3 aromatic rings. The fraction of sp³-hybridized carbons (Fsp3) is 0.148. The number of amides is 1. The van der Waals surface area contributed by atoms with Gasteiger partial charge in [-0.05, 0) is 54.1 Å². The number of hydrogen-bond acceptors (Lipinski definition) is 7. The number of pyridine rings is 1. The van der Waals surface area contributed by atoms with Crippen LogP contribution in [0.2, 0.25) is 0 Å². The van der Waals surface area contributed by atoms with Crippen LogP contribution in [0.15, 0.2) is 85.1 Å². The molecular weight excluding hydrogens is 448 g/mol. The number of hydrogen-bond donors (Lipinski definition) is 1. The SMILES string of the molecule is C=CCOc1ccc(/C(O)=C2\C(=O)C(=O)N(c3ccccn3)[C@@H]2c2ccc(OC)c(OC)c2)cc1. The lowest BCUT2D eigenvalue weighted by molar-refractivity contribution is -0.132. The first-order valence-electron chi connectivity index (χ1n) is 10.8. The predicted octanol–water partition coefficient (Wildman–Crippen LogP) is 4.29. The molecule has 178 valence electrons. The lowest BCUT2D eigenvalue weighted by Gasteiger charge is -2.25. The highest BCUT2D eigenvalue weighted by atomic mass is 16.5. The highest BCUT2D eigenvalue weighted by Crippen LogP contribution is 2.43. The van der Waals surface area contributed by atoms with Crippen molar-refractivity contribution in [3.8, 4) is 17.2 Å². The van der Waals surface area contributed by atoms with Gasteiger partial charge >= 0.3 is 5.91 Å². The van der Waals surface area contributed by atoms with Gasteiger partial charge in [-0.3, -0.25) is 14.5 Å². The van der Waals surface area contributed by atoms with Crippen molar-refractivity contribution in [2.24, 2.45) is 0 Å². The summed E-state index contributed by atoms with van der Waals surface area (Å²) in [6, 6.07) is 15.7. The Kier molecular flexibility index (Phi) is 6.82. The van der Waals surface area contributed by atoms with E-state index < -0.39 is 17.7 Å². The summed E-state index contributed by atoms with van der Waals surface area (Å²) in [7, 11) is 3.01. The maximum Gasteiger partial charge on any atom is 0.301 e. The number of anilines is 1. The standard InChI is InChI=1S/C27H24N2O6/c1-4-15-35-19-11-8-17(9-12-19)25(30)23-24(18-10-13-20(33-2)21(16-18)34-3)29(27(32)26(23)31)22-7-5-6-14-28-22/h4-14,16,24,30H,1,15H2,2-3H3/b25-23+/t24-/m1/s1. The molecule has 0 aliphatic carbocycles. The van der Waals surface area contributed by atoms with Crippen molar-refractivity contribution in [3.63, 3.8) is 0 Å². The molecular formula is C27H24N2O6. The van der Waals surface area contributed by atoms with Gasteiger partial charge in [0.25, 0.3) is 5.78 Å². The Hall–Kier alpha value is -4.59. The fourth-order valence-corrected chi connectivity index (χ4v) is 3.92. The first kappa shape index (κ1) is 23.6. The average molecular weight is 472 g/mol. The van der Waals surface area contributed by atoms with E-state index in [0.717, 1.165) is 0 Å². The molecule has 0 unspecified atom stereocenters. The number of carbonyl (C=O) groups excluding carboxylic acids is 2. The summed E-state index contributed by atoms with van der Waals surface area (Å²) in [5.74, 6) is -0.164. The smallest absolute Gasteiger partial charge is 0.301 e. The minimum atomic E-state index is -0.943. The zero-order valence-electron chi connectivity index (χ0n) is 19.3. The van der Waals surface area contributed by atoms with E-state index in [1.54, 1.807) is 66.7 Å². The number of methoxy groups -OCH3 is 2. The van der Waals surface area contributed by atoms with Crippen molar-refractivity contribution in [2.75, 3.05) is 25.7 Å². The Balaban J connectivity index is 1.88. The molecule has 1 aromatic heterocycles. The van der Waals surface area contributed by atoms with E-state index in [4.69, 9.17) is 14.2 Å². The van der Waals surface area contributed by atoms with E-state index in [2.05, 4.69) is 11.6 Å². The van der Waals surface area contributed by atoms with Crippen LogP contribution in [0.3, 0.4) is 0 Å². The number of ether oxygens (including phenoxy) is 3.